The number of ether oxygens (including phenoxy) is 1. The summed E-state index contributed by atoms with van der Waals surface area (Å²) in [6, 6.07) is 11.9. The molecular formula is C21H22FNO3. The van der Waals surface area contributed by atoms with Gasteiger partial charge in [0.25, 0.3) is 5.91 Å². The van der Waals surface area contributed by atoms with Crippen LogP contribution in [0.15, 0.2) is 42.5 Å². The van der Waals surface area contributed by atoms with E-state index in [0.29, 0.717) is 6.42 Å². The van der Waals surface area contributed by atoms with Crippen molar-refractivity contribution in [2.75, 3.05) is 5.32 Å². The van der Waals surface area contributed by atoms with Gasteiger partial charge in [-0.3, -0.25) is 9.59 Å². The maximum atomic E-state index is 12.9. The lowest BCUT2D eigenvalue weighted by Gasteiger charge is -2.14. The summed E-state index contributed by atoms with van der Waals surface area (Å²) in [6.45, 7) is 1.55. The van der Waals surface area contributed by atoms with Gasteiger partial charge in [0.2, 0.25) is 0 Å². The first kappa shape index (κ1) is 18.1. The van der Waals surface area contributed by atoms with Crippen molar-refractivity contribution >= 4 is 17.6 Å². The number of halogens is 1. The molecule has 26 heavy (non-hydrogen) atoms. The zero-order valence-electron chi connectivity index (χ0n) is 14.8. The molecule has 136 valence electrons. The summed E-state index contributed by atoms with van der Waals surface area (Å²) in [4.78, 5) is 24.2. The third-order valence-corrected chi connectivity index (χ3v) is 4.57. The SMILES string of the molecule is C[C@@H](OC(=O)CCc1ccc(F)cc1)C(=O)Nc1ccc2c(c1)CCC2. The van der Waals surface area contributed by atoms with Crippen molar-refractivity contribution in [1.82, 2.24) is 0 Å². The van der Waals surface area contributed by atoms with Crippen molar-refractivity contribution in [3.8, 4) is 0 Å². The molecule has 0 aromatic heterocycles. The molecule has 3 rings (SSSR count). The quantitative estimate of drug-likeness (QED) is 0.802. The standard InChI is InChI=1S/C21H22FNO3/c1-14(26-20(24)12-7-15-5-9-18(22)10-6-15)21(25)23-19-11-8-16-3-2-4-17(16)13-19/h5-6,8-11,13-14H,2-4,7,12H2,1H3,(H,23,25)/t14-/m1/s1. The van der Waals surface area contributed by atoms with E-state index >= 15 is 0 Å². The van der Waals surface area contributed by atoms with Crippen LogP contribution < -0.4 is 5.32 Å². The summed E-state index contributed by atoms with van der Waals surface area (Å²) in [7, 11) is 0. The lowest BCUT2D eigenvalue weighted by Crippen LogP contribution is -2.30. The Hall–Kier alpha value is -2.69. The van der Waals surface area contributed by atoms with Gasteiger partial charge >= 0.3 is 5.97 Å². The van der Waals surface area contributed by atoms with Crippen LogP contribution in [0.1, 0.15) is 36.5 Å². The van der Waals surface area contributed by atoms with E-state index in [2.05, 4.69) is 5.32 Å². The zero-order chi connectivity index (χ0) is 18.5. The van der Waals surface area contributed by atoms with Gasteiger partial charge in [-0.15, -0.1) is 0 Å². The molecule has 2 aromatic carbocycles. The normalized spacial score (nSPS) is 13.8. The van der Waals surface area contributed by atoms with Crippen molar-refractivity contribution in [1.29, 1.82) is 0 Å². The van der Waals surface area contributed by atoms with Gasteiger partial charge in [0, 0.05) is 12.1 Å². The van der Waals surface area contributed by atoms with Crippen molar-refractivity contribution in [3.05, 3.63) is 65.0 Å². The van der Waals surface area contributed by atoms with Crippen molar-refractivity contribution in [3.63, 3.8) is 0 Å². The molecule has 0 spiro atoms. The summed E-state index contributed by atoms with van der Waals surface area (Å²) < 4.78 is 18.1. The monoisotopic (exact) mass is 355 g/mol. The highest BCUT2D eigenvalue weighted by Crippen LogP contribution is 2.25. The van der Waals surface area contributed by atoms with Gasteiger partial charge < -0.3 is 10.1 Å². The molecule has 1 atom stereocenters. The van der Waals surface area contributed by atoms with Gasteiger partial charge in [0.05, 0.1) is 0 Å². The second-order valence-electron chi connectivity index (χ2n) is 6.58. The van der Waals surface area contributed by atoms with Crippen LogP contribution in [0.5, 0.6) is 0 Å². The summed E-state index contributed by atoms with van der Waals surface area (Å²) in [6.07, 6.45) is 2.98. The molecule has 5 heteroatoms. The van der Waals surface area contributed by atoms with E-state index in [1.54, 1.807) is 19.1 Å². The summed E-state index contributed by atoms with van der Waals surface area (Å²) >= 11 is 0. The first-order valence-electron chi connectivity index (χ1n) is 8.88. The Morgan fingerprint density at radius 2 is 1.85 bits per heavy atom. The molecule has 1 N–H and O–H groups in total. The van der Waals surface area contributed by atoms with Crippen LogP contribution in [0.2, 0.25) is 0 Å². The third kappa shape index (κ3) is 4.69. The van der Waals surface area contributed by atoms with Crippen LogP contribution in [0.3, 0.4) is 0 Å². The molecule has 0 aliphatic heterocycles. The van der Waals surface area contributed by atoms with Gasteiger partial charge in [-0.1, -0.05) is 18.2 Å². The maximum Gasteiger partial charge on any atom is 0.306 e. The van der Waals surface area contributed by atoms with E-state index in [1.807, 2.05) is 18.2 Å². The van der Waals surface area contributed by atoms with Crippen LogP contribution >= 0.6 is 0 Å². The number of hydrogen-bond donors (Lipinski definition) is 1. The number of hydrogen-bond acceptors (Lipinski definition) is 3. The van der Waals surface area contributed by atoms with Crippen LogP contribution in [0.4, 0.5) is 10.1 Å². The fourth-order valence-corrected chi connectivity index (χ4v) is 3.10. The van der Waals surface area contributed by atoms with E-state index in [0.717, 1.165) is 30.5 Å². The lowest BCUT2D eigenvalue weighted by atomic mass is 10.1. The summed E-state index contributed by atoms with van der Waals surface area (Å²) in [5.41, 5.74) is 4.18. The Bertz CT molecular complexity index is 801. The van der Waals surface area contributed by atoms with E-state index in [9.17, 15) is 14.0 Å². The van der Waals surface area contributed by atoms with Crippen molar-refractivity contribution in [2.45, 2.75) is 45.1 Å². The minimum Gasteiger partial charge on any atom is -0.453 e. The largest absolute Gasteiger partial charge is 0.453 e. The van der Waals surface area contributed by atoms with Crippen molar-refractivity contribution in [2.24, 2.45) is 0 Å². The molecule has 2 aromatic rings. The number of fused-ring (bicyclic) bond motifs is 1. The molecule has 0 unspecified atom stereocenters. The second kappa shape index (κ2) is 8.13. The lowest BCUT2D eigenvalue weighted by molar-refractivity contribution is -0.153. The first-order valence-corrected chi connectivity index (χ1v) is 8.88. The average molecular weight is 355 g/mol. The molecule has 0 saturated carbocycles. The highest BCUT2D eigenvalue weighted by Gasteiger charge is 2.19. The predicted octanol–water partition coefficient (Wildman–Crippen LogP) is 3.82. The van der Waals surface area contributed by atoms with Crippen LogP contribution in [-0.2, 0) is 33.6 Å². The van der Waals surface area contributed by atoms with Gasteiger partial charge in [-0.25, -0.2) is 4.39 Å². The van der Waals surface area contributed by atoms with E-state index in [4.69, 9.17) is 4.74 Å². The molecule has 0 saturated heterocycles. The average Bonchev–Trinajstić information content (AvgIpc) is 3.09. The molecule has 1 aliphatic carbocycles. The molecule has 0 radical (unpaired) electrons. The number of esters is 1. The fraction of sp³-hybridized carbons (Fsp3) is 0.333. The molecular weight excluding hydrogens is 333 g/mol. The predicted molar refractivity (Wildman–Crippen MR) is 97.4 cm³/mol. The van der Waals surface area contributed by atoms with E-state index in [-0.39, 0.29) is 18.1 Å². The smallest absolute Gasteiger partial charge is 0.306 e. The molecule has 1 aliphatic rings. The molecule has 4 nitrogen and oxygen atoms in total. The Balaban J connectivity index is 1.47. The van der Waals surface area contributed by atoms with Crippen LogP contribution in [0, 0.1) is 5.82 Å². The fourth-order valence-electron chi connectivity index (χ4n) is 3.10. The van der Waals surface area contributed by atoms with Crippen LogP contribution in [0.25, 0.3) is 0 Å². The summed E-state index contributed by atoms with van der Waals surface area (Å²) in [5, 5.41) is 2.80. The number of rotatable bonds is 6. The second-order valence-corrected chi connectivity index (χ2v) is 6.58. The van der Waals surface area contributed by atoms with Crippen molar-refractivity contribution < 1.29 is 18.7 Å². The Morgan fingerprint density at radius 3 is 2.62 bits per heavy atom. The van der Waals surface area contributed by atoms with Gasteiger partial charge in [-0.05, 0) is 73.6 Å². The zero-order valence-corrected chi connectivity index (χ0v) is 14.8. The highest BCUT2D eigenvalue weighted by atomic mass is 19.1. The number of amides is 1. The topological polar surface area (TPSA) is 55.4 Å². The molecule has 0 heterocycles. The number of benzene rings is 2. The number of aryl methyl sites for hydroxylation is 3. The molecule has 1 amide bonds. The van der Waals surface area contributed by atoms with Gasteiger partial charge in [0.1, 0.15) is 5.82 Å². The molecule has 0 bridgehead atoms. The van der Waals surface area contributed by atoms with Gasteiger partial charge in [-0.2, -0.15) is 0 Å². The minimum atomic E-state index is -0.871. The van der Waals surface area contributed by atoms with Gasteiger partial charge in [0.15, 0.2) is 6.10 Å². The Kier molecular flexibility index (Phi) is 5.66. The first-order chi connectivity index (χ1) is 12.5. The summed E-state index contributed by atoms with van der Waals surface area (Å²) in [5.74, 6) is -1.11. The number of carbonyl (C=O) groups excluding carboxylic acids is 2. The minimum absolute atomic E-state index is 0.141. The number of carbonyl (C=O) groups is 2. The van der Waals surface area contributed by atoms with E-state index in [1.165, 1.54) is 23.3 Å². The van der Waals surface area contributed by atoms with Crippen LogP contribution in [-0.4, -0.2) is 18.0 Å². The maximum absolute atomic E-state index is 12.9. The van der Waals surface area contributed by atoms with E-state index < -0.39 is 12.1 Å². The molecule has 0 fully saturated rings. The number of anilines is 1. The highest BCUT2D eigenvalue weighted by molar-refractivity contribution is 5.95. The Morgan fingerprint density at radius 1 is 1.12 bits per heavy atom. The number of nitrogens with one attached hydrogen (secondary N) is 1. The third-order valence-electron chi connectivity index (χ3n) is 4.57. The Labute approximate surface area is 152 Å².